The maximum atomic E-state index is 10.5. The highest BCUT2D eigenvalue weighted by Gasteiger charge is 2.10. The lowest BCUT2D eigenvalue weighted by Gasteiger charge is -2.07. The van der Waals surface area contributed by atoms with Crippen molar-refractivity contribution in [2.24, 2.45) is 0 Å². The number of rotatable bonds is 2. The number of hydrogen-bond donors (Lipinski definition) is 0. The minimum atomic E-state index is -0.369. The van der Waals surface area contributed by atoms with E-state index in [4.69, 9.17) is 0 Å². The van der Waals surface area contributed by atoms with Gasteiger partial charge in [0.25, 0.3) is 5.69 Å². The highest BCUT2D eigenvalue weighted by molar-refractivity contribution is 5.44. The average Bonchev–Trinajstić information content (AvgIpc) is 2.04. The third-order valence-corrected chi connectivity index (χ3v) is 1.97. The molecule has 0 heterocycles. The minimum absolute atomic E-state index is 0.154. The Morgan fingerprint density at radius 2 is 2.00 bits per heavy atom. The first-order valence-electron chi connectivity index (χ1n) is 4.08. The highest BCUT2D eigenvalue weighted by Crippen LogP contribution is 2.23. The van der Waals surface area contributed by atoms with Crippen molar-refractivity contribution < 1.29 is 4.92 Å². The van der Waals surface area contributed by atoms with Gasteiger partial charge in [0.15, 0.2) is 0 Å². The number of nitro benzene ring substituents is 1. The Morgan fingerprint density at radius 1 is 1.38 bits per heavy atom. The average molecular weight is 178 g/mol. The van der Waals surface area contributed by atoms with Crippen LogP contribution in [-0.2, 0) is 0 Å². The lowest BCUT2D eigenvalue weighted by Crippen LogP contribution is -1.95. The molecule has 1 aromatic rings. The first-order chi connectivity index (χ1) is 6.02. The van der Waals surface area contributed by atoms with Gasteiger partial charge in [0.05, 0.1) is 4.92 Å². The lowest BCUT2D eigenvalue weighted by molar-refractivity contribution is -0.384. The summed E-state index contributed by atoms with van der Waals surface area (Å²) in [5, 5.41) is 10.5. The predicted molar refractivity (Wildman–Crippen MR) is 51.5 cm³/mol. The molecule has 0 aromatic heterocycles. The van der Waals surface area contributed by atoms with E-state index in [9.17, 15) is 10.1 Å². The maximum absolute atomic E-state index is 10.5. The van der Waals surface area contributed by atoms with Crippen LogP contribution in [0.15, 0.2) is 18.2 Å². The number of aryl methyl sites for hydroxylation is 1. The van der Waals surface area contributed by atoms with E-state index in [2.05, 4.69) is 0 Å². The Hall–Kier alpha value is -1.38. The summed E-state index contributed by atoms with van der Waals surface area (Å²) in [5.41, 5.74) is 2.20. The monoisotopic (exact) mass is 178 g/mol. The fraction of sp³-hybridized carbons (Fsp3) is 0.300. The van der Waals surface area contributed by atoms with Gasteiger partial charge in [-0.1, -0.05) is 19.9 Å². The predicted octanol–water partition coefficient (Wildman–Crippen LogP) is 2.87. The van der Waals surface area contributed by atoms with E-state index in [1.165, 1.54) is 6.07 Å². The molecule has 1 aromatic carbocycles. The Kier molecular flexibility index (Phi) is 2.66. The summed E-state index contributed by atoms with van der Waals surface area (Å²) in [4.78, 5) is 10.1. The number of nitrogens with zero attached hydrogens (tertiary/aromatic N) is 1. The van der Waals surface area contributed by atoms with Gasteiger partial charge in [-0.15, -0.1) is 0 Å². The molecular formula is C10H12NO2. The van der Waals surface area contributed by atoms with Crippen molar-refractivity contribution in [2.75, 3.05) is 0 Å². The largest absolute Gasteiger partial charge is 0.269 e. The molecule has 3 nitrogen and oxygen atoms in total. The zero-order chi connectivity index (χ0) is 10.0. The summed E-state index contributed by atoms with van der Waals surface area (Å²) in [7, 11) is 0. The topological polar surface area (TPSA) is 43.1 Å². The standard InChI is InChI=1S/C10H12NO2/c1-7(2)10-6-9(11(12)13)5-4-8(10)3/h4-6H,1-3H3. The van der Waals surface area contributed by atoms with Crippen LogP contribution in [0.25, 0.3) is 0 Å². The van der Waals surface area contributed by atoms with Crippen molar-refractivity contribution in [3.63, 3.8) is 0 Å². The SMILES string of the molecule is C[C](C)c1cc([N+](=O)[O-])ccc1C. The smallest absolute Gasteiger partial charge is 0.258 e. The Morgan fingerprint density at radius 3 is 2.46 bits per heavy atom. The first-order valence-corrected chi connectivity index (χ1v) is 4.08. The van der Waals surface area contributed by atoms with E-state index in [0.717, 1.165) is 17.0 Å². The van der Waals surface area contributed by atoms with Crippen molar-refractivity contribution in [2.45, 2.75) is 20.8 Å². The van der Waals surface area contributed by atoms with Crippen LogP contribution in [0, 0.1) is 23.0 Å². The van der Waals surface area contributed by atoms with Crippen LogP contribution in [0.4, 0.5) is 5.69 Å². The summed E-state index contributed by atoms with van der Waals surface area (Å²) >= 11 is 0. The van der Waals surface area contributed by atoms with E-state index in [0.29, 0.717) is 0 Å². The van der Waals surface area contributed by atoms with Crippen molar-refractivity contribution in [1.82, 2.24) is 0 Å². The summed E-state index contributed by atoms with van der Waals surface area (Å²) in [5.74, 6) is 1.10. The molecule has 0 saturated carbocycles. The van der Waals surface area contributed by atoms with Gasteiger partial charge in [-0.25, -0.2) is 0 Å². The fourth-order valence-electron chi connectivity index (χ4n) is 1.26. The quantitative estimate of drug-likeness (QED) is 0.516. The summed E-state index contributed by atoms with van der Waals surface area (Å²) in [6.07, 6.45) is 0. The zero-order valence-electron chi connectivity index (χ0n) is 8.00. The second kappa shape index (κ2) is 3.56. The zero-order valence-corrected chi connectivity index (χ0v) is 8.00. The second-order valence-corrected chi connectivity index (χ2v) is 3.26. The van der Waals surface area contributed by atoms with Crippen molar-refractivity contribution in [1.29, 1.82) is 0 Å². The molecule has 69 valence electrons. The molecule has 1 rings (SSSR count). The lowest BCUT2D eigenvalue weighted by atomic mass is 9.98. The molecule has 0 saturated heterocycles. The normalized spacial score (nSPS) is 10.5. The van der Waals surface area contributed by atoms with Gasteiger partial charge in [0, 0.05) is 12.1 Å². The Labute approximate surface area is 77.5 Å². The Balaban J connectivity index is 3.19. The third-order valence-electron chi connectivity index (χ3n) is 1.97. The van der Waals surface area contributed by atoms with Gasteiger partial charge in [0.2, 0.25) is 0 Å². The molecule has 1 radical (unpaired) electrons. The molecule has 3 heteroatoms. The summed E-state index contributed by atoms with van der Waals surface area (Å²) < 4.78 is 0. The van der Waals surface area contributed by atoms with Gasteiger partial charge >= 0.3 is 0 Å². The number of nitro groups is 1. The molecule has 0 atom stereocenters. The van der Waals surface area contributed by atoms with Gasteiger partial charge < -0.3 is 0 Å². The molecule has 0 spiro atoms. The summed E-state index contributed by atoms with van der Waals surface area (Å²) in [6, 6.07) is 4.92. The van der Waals surface area contributed by atoms with Crippen LogP contribution in [-0.4, -0.2) is 4.92 Å². The maximum Gasteiger partial charge on any atom is 0.269 e. The highest BCUT2D eigenvalue weighted by atomic mass is 16.6. The number of benzene rings is 1. The molecule has 0 fully saturated rings. The van der Waals surface area contributed by atoms with Crippen LogP contribution in [0.5, 0.6) is 0 Å². The van der Waals surface area contributed by atoms with Gasteiger partial charge in [0.1, 0.15) is 0 Å². The molecule has 0 amide bonds. The first kappa shape index (κ1) is 9.71. The molecular weight excluding hydrogens is 166 g/mol. The van der Waals surface area contributed by atoms with Gasteiger partial charge in [-0.05, 0) is 24.0 Å². The van der Waals surface area contributed by atoms with Gasteiger partial charge in [-0.3, -0.25) is 10.1 Å². The molecule has 0 unspecified atom stereocenters. The molecule has 0 bridgehead atoms. The van der Waals surface area contributed by atoms with E-state index in [-0.39, 0.29) is 10.6 Å². The van der Waals surface area contributed by atoms with Crippen LogP contribution in [0.3, 0.4) is 0 Å². The van der Waals surface area contributed by atoms with E-state index < -0.39 is 0 Å². The number of non-ortho nitro benzene ring substituents is 1. The van der Waals surface area contributed by atoms with E-state index in [1.54, 1.807) is 12.1 Å². The van der Waals surface area contributed by atoms with Crippen molar-refractivity contribution >= 4 is 5.69 Å². The second-order valence-electron chi connectivity index (χ2n) is 3.26. The van der Waals surface area contributed by atoms with Gasteiger partial charge in [-0.2, -0.15) is 0 Å². The molecule has 0 aliphatic heterocycles. The van der Waals surface area contributed by atoms with Crippen molar-refractivity contribution in [3.05, 3.63) is 45.4 Å². The molecule has 0 aliphatic carbocycles. The minimum Gasteiger partial charge on any atom is -0.258 e. The van der Waals surface area contributed by atoms with Crippen molar-refractivity contribution in [3.8, 4) is 0 Å². The van der Waals surface area contributed by atoms with E-state index >= 15 is 0 Å². The van der Waals surface area contributed by atoms with E-state index in [1.807, 2.05) is 20.8 Å². The van der Waals surface area contributed by atoms with Crippen LogP contribution in [0.2, 0.25) is 0 Å². The number of hydrogen-bond acceptors (Lipinski definition) is 2. The summed E-state index contributed by atoms with van der Waals surface area (Å²) in [6.45, 7) is 5.85. The van der Waals surface area contributed by atoms with Crippen LogP contribution >= 0.6 is 0 Å². The van der Waals surface area contributed by atoms with Crippen LogP contribution < -0.4 is 0 Å². The molecule has 13 heavy (non-hydrogen) atoms. The third kappa shape index (κ3) is 2.05. The molecule has 0 aliphatic rings. The fourth-order valence-corrected chi connectivity index (χ4v) is 1.26. The molecule has 0 N–H and O–H groups in total. The Bertz CT molecular complexity index is 332. The van der Waals surface area contributed by atoms with Crippen LogP contribution in [0.1, 0.15) is 25.0 Å².